The molecule has 17 heavy (non-hydrogen) atoms. The third-order valence-corrected chi connectivity index (χ3v) is 2.73. The number of hydrogen-bond donors (Lipinski definition) is 2. The summed E-state index contributed by atoms with van der Waals surface area (Å²) < 4.78 is 36.5. The molecular formula is C12H17F3N2. The molecule has 1 unspecified atom stereocenters. The second kappa shape index (κ2) is 5.51. The van der Waals surface area contributed by atoms with Gasteiger partial charge in [-0.25, -0.2) is 0 Å². The molecular weight excluding hydrogens is 229 g/mol. The molecule has 0 heterocycles. The summed E-state index contributed by atoms with van der Waals surface area (Å²) in [5, 5.41) is 0. The van der Waals surface area contributed by atoms with Crippen LogP contribution in [0.25, 0.3) is 0 Å². The summed E-state index contributed by atoms with van der Waals surface area (Å²) in [5.41, 5.74) is 5.25. The highest BCUT2D eigenvalue weighted by molar-refractivity contribution is 5.32. The molecule has 0 bridgehead atoms. The highest BCUT2D eigenvalue weighted by atomic mass is 19.4. The SMILES string of the molecule is Cc1ccc(C)c(C(CCC(F)(F)F)NN)c1. The molecule has 0 aliphatic carbocycles. The van der Waals surface area contributed by atoms with Gasteiger partial charge >= 0.3 is 6.18 Å². The number of hydrogen-bond acceptors (Lipinski definition) is 2. The molecule has 1 aromatic rings. The molecule has 1 rings (SSSR count). The van der Waals surface area contributed by atoms with E-state index in [2.05, 4.69) is 5.43 Å². The van der Waals surface area contributed by atoms with E-state index in [1.54, 1.807) is 0 Å². The average molecular weight is 246 g/mol. The van der Waals surface area contributed by atoms with E-state index in [0.29, 0.717) is 0 Å². The number of nitrogens with two attached hydrogens (primary N) is 1. The molecule has 2 nitrogen and oxygen atoms in total. The molecule has 0 radical (unpaired) electrons. The lowest BCUT2D eigenvalue weighted by molar-refractivity contribution is -0.136. The Labute approximate surface area is 99.0 Å². The zero-order chi connectivity index (χ0) is 13.1. The van der Waals surface area contributed by atoms with E-state index in [1.165, 1.54) is 0 Å². The summed E-state index contributed by atoms with van der Waals surface area (Å²) in [6, 6.07) is 5.23. The van der Waals surface area contributed by atoms with Gasteiger partial charge in [-0.15, -0.1) is 0 Å². The number of hydrazine groups is 1. The van der Waals surface area contributed by atoms with Gasteiger partial charge in [-0.2, -0.15) is 13.2 Å². The van der Waals surface area contributed by atoms with Crippen molar-refractivity contribution < 1.29 is 13.2 Å². The van der Waals surface area contributed by atoms with Crippen molar-refractivity contribution >= 4 is 0 Å². The predicted molar refractivity (Wildman–Crippen MR) is 61.3 cm³/mol. The van der Waals surface area contributed by atoms with E-state index in [1.807, 2.05) is 32.0 Å². The molecule has 0 aromatic heterocycles. The molecule has 0 saturated heterocycles. The van der Waals surface area contributed by atoms with Gasteiger partial charge in [0.1, 0.15) is 0 Å². The van der Waals surface area contributed by atoms with Crippen LogP contribution in [0, 0.1) is 13.8 Å². The first-order valence-electron chi connectivity index (χ1n) is 5.43. The van der Waals surface area contributed by atoms with Gasteiger partial charge in [-0.1, -0.05) is 23.8 Å². The Bertz CT molecular complexity index is 375. The molecule has 0 amide bonds. The smallest absolute Gasteiger partial charge is 0.271 e. The topological polar surface area (TPSA) is 38.0 Å². The fourth-order valence-electron chi connectivity index (χ4n) is 1.77. The van der Waals surface area contributed by atoms with E-state index in [0.717, 1.165) is 16.7 Å². The third kappa shape index (κ3) is 4.36. The van der Waals surface area contributed by atoms with Gasteiger partial charge in [0.25, 0.3) is 0 Å². The molecule has 1 aromatic carbocycles. The van der Waals surface area contributed by atoms with Crippen LogP contribution in [-0.4, -0.2) is 6.18 Å². The molecule has 0 fully saturated rings. The third-order valence-electron chi connectivity index (χ3n) is 2.73. The van der Waals surface area contributed by atoms with Crippen LogP contribution in [0.3, 0.4) is 0 Å². The maximum absolute atomic E-state index is 12.2. The van der Waals surface area contributed by atoms with Crippen molar-refractivity contribution in [3.8, 4) is 0 Å². The number of alkyl halides is 3. The molecule has 1 atom stereocenters. The second-order valence-electron chi connectivity index (χ2n) is 4.23. The van der Waals surface area contributed by atoms with Gasteiger partial charge < -0.3 is 0 Å². The quantitative estimate of drug-likeness (QED) is 0.632. The summed E-state index contributed by atoms with van der Waals surface area (Å²) in [5.74, 6) is 5.34. The zero-order valence-electron chi connectivity index (χ0n) is 9.93. The van der Waals surface area contributed by atoms with Crippen molar-refractivity contribution in [2.24, 2.45) is 5.84 Å². The lowest BCUT2D eigenvalue weighted by atomic mass is 9.96. The monoisotopic (exact) mass is 246 g/mol. The van der Waals surface area contributed by atoms with E-state index in [4.69, 9.17) is 5.84 Å². The fourth-order valence-corrected chi connectivity index (χ4v) is 1.77. The van der Waals surface area contributed by atoms with E-state index < -0.39 is 18.6 Å². The Hall–Kier alpha value is -1.07. The van der Waals surface area contributed by atoms with E-state index in [9.17, 15) is 13.2 Å². The maximum Gasteiger partial charge on any atom is 0.389 e. The highest BCUT2D eigenvalue weighted by Gasteiger charge is 2.28. The van der Waals surface area contributed by atoms with Gasteiger partial charge in [0.05, 0.1) is 0 Å². The summed E-state index contributed by atoms with van der Waals surface area (Å²) in [6.07, 6.45) is -5.04. The van der Waals surface area contributed by atoms with Crippen LogP contribution in [-0.2, 0) is 0 Å². The van der Waals surface area contributed by atoms with E-state index in [-0.39, 0.29) is 6.42 Å². The summed E-state index contributed by atoms with van der Waals surface area (Å²) >= 11 is 0. The lowest BCUT2D eigenvalue weighted by Gasteiger charge is -2.19. The lowest BCUT2D eigenvalue weighted by Crippen LogP contribution is -2.29. The first kappa shape index (κ1) is 14.0. The first-order chi connectivity index (χ1) is 7.83. The Balaban J connectivity index is 2.82. The molecule has 96 valence electrons. The first-order valence-corrected chi connectivity index (χ1v) is 5.43. The van der Waals surface area contributed by atoms with Crippen molar-refractivity contribution in [1.82, 2.24) is 5.43 Å². The van der Waals surface area contributed by atoms with Crippen LogP contribution in [0.15, 0.2) is 18.2 Å². The molecule has 0 saturated carbocycles. The minimum atomic E-state index is -4.15. The van der Waals surface area contributed by atoms with Crippen LogP contribution < -0.4 is 11.3 Å². The summed E-state index contributed by atoms with van der Waals surface area (Å²) in [7, 11) is 0. The average Bonchev–Trinajstić information content (AvgIpc) is 2.22. The van der Waals surface area contributed by atoms with Crippen LogP contribution in [0.2, 0.25) is 0 Å². The fraction of sp³-hybridized carbons (Fsp3) is 0.500. The highest BCUT2D eigenvalue weighted by Crippen LogP contribution is 2.28. The standard InChI is InChI=1S/C12H17F3N2/c1-8-3-4-9(2)10(7-8)11(17-16)5-6-12(13,14)15/h3-4,7,11,17H,5-6,16H2,1-2H3. The van der Waals surface area contributed by atoms with Crippen molar-refractivity contribution in [1.29, 1.82) is 0 Å². The minimum Gasteiger partial charge on any atom is -0.271 e. The number of nitrogens with one attached hydrogen (secondary N) is 1. The normalized spacial score (nSPS) is 13.8. The Kier molecular flexibility index (Phi) is 4.54. The van der Waals surface area contributed by atoms with Crippen molar-refractivity contribution in [3.63, 3.8) is 0 Å². The van der Waals surface area contributed by atoms with Crippen LogP contribution in [0.5, 0.6) is 0 Å². The number of aryl methyl sites for hydroxylation is 2. The second-order valence-corrected chi connectivity index (χ2v) is 4.23. The van der Waals surface area contributed by atoms with Crippen LogP contribution >= 0.6 is 0 Å². The predicted octanol–water partition coefficient (Wildman–Crippen LogP) is 3.15. The van der Waals surface area contributed by atoms with Gasteiger partial charge in [0.2, 0.25) is 0 Å². The van der Waals surface area contributed by atoms with Gasteiger partial charge in [0, 0.05) is 12.5 Å². The Morgan fingerprint density at radius 2 is 1.94 bits per heavy atom. The maximum atomic E-state index is 12.2. The van der Waals surface area contributed by atoms with Crippen LogP contribution in [0.4, 0.5) is 13.2 Å². The van der Waals surface area contributed by atoms with Crippen molar-refractivity contribution in [3.05, 3.63) is 34.9 Å². The molecule has 0 spiro atoms. The number of halogens is 3. The zero-order valence-corrected chi connectivity index (χ0v) is 9.93. The van der Waals surface area contributed by atoms with Gasteiger partial charge in [-0.05, 0) is 31.4 Å². The minimum absolute atomic E-state index is 0.0513. The summed E-state index contributed by atoms with van der Waals surface area (Å²) in [4.78, 5) is 0. The van der Waals surface area contributed by atoms with E-state index >= 15 is 0 Å². The Morgan fingerprint density at radius 3 is 2.47 bits per heavy atom. The van der Waals surface area contributed by atoms with Crippen molar-refractivity contribution in [2.75, 3.05) is 0 Å². The number of benzene rings is 1. The molecule has 0 aliphatic heterocycles. The van der Waals surface area contributed by atoms with Gasteiger partial charge in [-0.3, -0.25) is 11.3 Å². The van der Waals surface area contributed by atoms with Crippen molar-refractivity contribution in [2.45, 2.75) is 38.9 Å². The van der Waals surface area contributed by atoms with Gasteiger partial charge in [0.15, 0.2) is 0 Å². The molecule has 0 aliphatic rings. The largest absolute Gasteiger partial charge is 0.389 e. The molecule has 5 heteroatoms. The Morgan fingerprint density at radius 1 is 1.29 bits per heavy atom. The molecule has 3 N–H and O–H groups in total. The van der Waals surface area contributed by atoms with Crippen LogP contribution in [0.1, 0.15) is 35.6 Å². The number of rotatable bonds is 4. The summed E-state index contributed by atoms with van der Waals surface area (Å²) in [6.45, 7) is 3.77.